The van der Waals surface area contributed by atoms with Crippen molar-refractivity contribution in [2.45, 2.75) is 11.8 Å². The zero-order valence-electron chi connectivity index (χ0n) is 12.9. The molecule has 1 aromatic carbocycles. The van der Waals surface area contributed by atoms with Crippen LogP contribution in [0.4, 0.5) is 11.4 Å². The molecule has 0 radical (unpaired) electrons. The largest absolute Gasteiger partial charge is 0.465 e. The maximum atomic E-state index is 11.8. The van der Waals surface area contributed by atoms with E-state index >= 15 is 0 Å². The van der Waals surface area contributed by atoms with E-state index in [1.807, 2.05) is 0 Å². The molecule has 8 nitrogen and oxygen atoms in total. The summed E-state index contributed by atoms with van der Waals surface area (Å²) in [6.45, 7) is 1.93. The van der Waals surface area contributed by atoms with Gasteiger partial charge in [-0.15, -0.1) is 23.1 Å². The van der Waals surface area contributed by atoms with Crippen molar-refractivity contribution in [1.82, 2.24) is 0 Å². The summed E-state index contributed by atoms with van der Waals surface area (Å²) in [5.41, 5.74) is 6.05. The van der Waals surface area contributed by atoms with Crippen LogP contribution in [-0.4, -0.2) is 36.3 Å². The Morgan fingerprint density at radius 3 is 2.71 bits per heavy atom. The zero-order valence-corrected chi connectivity index (χ0v) is 14.5. The van der Waals surface area contributed by atoms with Crippen LogP contribution in [-0.2, 0) is 14.3 Å². The number of methoxy groups -OCH3 is 1. The van der Waals surface area contributed by atoms with Crippen LogP contribution in [0.3, 0.4) is 0 Å². The Kier molecular flexibility index (Phi) is 5.62. The Morgan fingerprint density at radius 2 is 2.12 bits per heavy atom. The number of non-ortho nitro benzene ring substituents is 1. The fraction of sp³-hybridized carbons (Fsp3) is 0.286. The van der Waals surface area contributed by atoms with E-state index in [0.29, 0.717) is 15.0 Å². The quantitative estimate of drug-likeness (QED) is 0.356. The van der Waals surface area contributed by atoms with Crippen LogP contribution < -0.4 is 5.73 Å². The molecule has 128 valence electrons. The van der Waals surface area contributed by atoms with Crippen molar-refractivity contribution >= 4 is 56.5 Å². The van der Waals surface area contributed by atoms with Gasteiger partial charge in [0.15, 0.2) is 0 Å². The number of thiophene rings is 1. The summed E-state index contributed by atoms with van der Waals surface area (Å²) in [5.74, 6) is -1.07. The first kappa shape index (κ1) is 18.0. The number of ether oxygens (including phenoxy) is 2. The van der Waals surface area contributed by atoms with Gasteiger partial charge in [0.05, 0.1) is 30.1 Å². The number of nitro groups is 1. The van der Waals surface area contributed by atoms with Gasteiger partial charge >= 0.3 is 11.9 Å². The van der Waals surface area contributed by atoms with Crippen molar-refractivity contribution in [2.75, 3.05) is 25.2 Å². The Hall–Kier alpha value is -2.33. The van der Waals surface area contributed by atoms with Gasteiger partial charge in [0.2, 0.25) is 0 Å². The minimum Gasteiger partial charge on any atom is -0.465 e. The highest BCUT2D eigenvalue weighted by Crippen LogP contribution is 2.42. The van der Waals surface area contributed by atoms with E-state index in [9.17, 15) is 19.7 Å². The molecule has 1 heterocycles. The predicted molar refractivity (Wildman–Crippen MR) is 91.6 cm³/mol. The highest BCUT2D eigenvalue weighted by atomic mass is 32.2. The molecule has 0 fully saturated rings. The summed E-state index contributed by atoms with van der Waals surface area (Å²) in [7, 11) is 1.23. The average Bonchev–Trinajstić information content (AvgIpc) is 2.89. The third-order valence-electron chi connectivity index (χ3n) is 3.01. The maximum Gasteiger partial charge on any atom is 0.350 e. The number of rotatable bonds is 6. The van der Waals surface area contributed by atoms with Crippen LogP contribution >= 0.6 is 23.1 Å². The number of hydrogen-bond donors (Lipinski definition) is 1. The number of nitrogens with two attached hydrogens (primary N) is 1. The van der Waals surface area contributed by atoms with Gasteiger partial charge in [-0.1, -0.05) is 0 Å². The zero-order chi connectivity index (χ0) is 17.9. The van der Waals surface area contributed by atoms with Gasteiger partial charge in [0.25, 0.3) is 5.69 Å². The molecular weight excluding hydrogens is 356 g/mol. The molecule has 0 spiro atoms. The smallest absolute Gasteiger partial charge is 0.350 e. The minimum atomic E-state index is -0.613. The van der Waals surface area contributed by atoms with Crippen LogP contribution in [0.5, 0.6) is 0 Å². The molecule has 24 heavy (non-hydrogen) atoms. The Labute approximate surface area is 145 Å². The third-order valence-corrected chi connectivity index (χ3v) is 5.15. The molecule has 0 saturated carbocycles. The molecule has 0 aliphatic heterocycles. The lowest BCUT2D eigenvalue weighted by atomic mass is 10.2. The fourth-order valence-electron chi connectivity index (χ4n) is 2.00. The maximum absolute atomic E-state index is 11.8. The number of benzene rings is 1. The van der Waals surface area contributed by atoms with Gasteiger partial charge in [-0.3, -0.25) is 14.9 Å². The van der Waals surface area contributed by atoms with E-state index in [1.165, 1.54) is 19.2 Å². The first-order valence-electron chi connectivity index (χ1n) is 6.76. The summed E-state index contributed by atoms with van der Waals surface area (Å²) < 4.78 is 10.00. The standard InChI is InChI=1S/C14H14N2O6S2/c1-3-22-10(17)6-23-8-4-7(16(19)20)5-9-11(8)12(15)13(24-9)14(18)21-2/h4-5H,3,6,15H2,1-2H3. The molecule has 2 N–H and O–H groups in total. The third kappa shape index (κ3) is 3.60. The lowest BCUT2D eigenvalue weighted by Crippen LogP contribution is -2.06. The van der Waals surface area contributed by atoms with Crippen molar-refractivity contribution in [3.8, 4) is 0 Å². The van der Waals surface area contributed by atoms with E-state index in [-0.39, 0.29) is 28.6 Å². The number of nitrogens with zero attached hydrogens (tertiary/aromatic N) is 1. The molecule has 1 aromatic heterocycles. The number of anilines is 1. The first-order valence-corrected chi connectivity index (χ1v) is 8.56. The molecular formula is C14H14N2O6S2. The van der Waals surface area contributed by atoms with Gasteiger partial charge in [-0.05, 0) is 6.92 Å². The normalized spacial score (nSPS) is 10.6. The summed E-state index contributed by atoms with van der Waals surface area (Å²) in [4.78, 5) is 34.5. The number of carbonyl (C=O) groups is 2. The molecule has 2 aromatic rings. The number of nitrogen functional groups attached to an aromatic ring is 1. The fourth-order valence-corrected chi connectivity index (χ4v) is 4.09. The minimum absolute atomic E-state index is 0.0209. The molecule has 0 bridgehead atoms. The number of esters is 2. The van der Waals surface area contributed by atoms with E-state index in [4.69, 9.17) is 10.5 Å². The van der Waals surface area contributed by atoms with Gasteiger partial charge in [0, 0.05) is 27.1 Å². The van der Waals surface area contributed by atoms with Crippen molar-refractivity contribution in [3.63, 3.8) is 0 Å². The van der Waals surface area contributed by atoms with Crippen LogP contribution in [0.15, 0.2) is 17.0 Å². The Morgan fingerprint density at radius 1 is 1.42 bits per heavy atom. The number of thioether (sulfide) groups is 1. The second-order valence-electron chi connectivity index (χ2n) is 4.50. The van der Waals surface area contributed by atoms with E-state index in [0.717, 1.165) is 23.1 Å². The predicted octanol–water partition coefficient (Wildman–Crippen LogP) is 2.83. The Balaban J connectivity index is 2.53. The lowest BCUT2D eigenvalue weighted by molar-refractivity contribution is -0.384. The van der Waals surface area contributed by atoms with Crippen LogP contribution in [0, 0.1) is 10.1 Å². The first-order chi connectivity index (χ1) is 11.4. The van der Waals surface area contributed by atoms with Gasteiger partial charge in [-0.25, -0.2) is 4.79 Å². The number of carbonyl (C=O) groups excluding carboxylic acids is 2. The molecule has 0 aliphatic carbocycles. The summed E-state index contributed by atoms with van der Waals surface area (Å²) in [5, 5.41) is 11.6. The summed E-state index contributed by atoms with van der Waals surface area (Å²) in [6.07, 6.45) is 0. The molecule has 0 amide bonds. The molecule has 0 saturated heterocycles. The van der Waals surface area contributed by atoms with Crippen LogP contribution in [0.1, 0.15) is 16.6 Å². The SMILES string of the molecule is CCOC(=O)CSc1cc([N+](=O)[O-])cc2sc(C(=O)OC)c(N)c12. The number of hydrogen-bond acceptors (Lipinski definition) is 9. The van der Waals surface area contributed by atoms with E-state index in [1.54, 1.807) is 6.92 Å². The lowest BCUT2D eigenvalue weighted by Gasteiger charge is -2.05. The second kappa shape index (κ2) is 7.49. The van der Waals surface area contributed by atoms with E-state index < -0.39 is 16.9 Å². The average molecular weight is 370 g/mol. The topological polar surface area (TPSA) is 122 Å². The van der Waals surface area contributed by atoms with E-state index in [2.05, 4.69) is 4.74 Å². The van der Waals surface area contributed by atoms with Crippen LogP contribution in [0.25, 0.3) is 10.1 Å². The molecule has 10 heteroatoms. The summed E-state index contributed by atoms with van der Waals surface area (Å²) >= 11 is 2.09. The highest BCUT2D eigenvalue weighted by Gasteiger charge is 2.23. The van der Waals surface area contributed by atoms with Crippen molar-refractivity contribution in [1.29, 1.82) is 0 Å². The van der Waals surface area contributed by atoms with Gasteiger partial charge < -0.3 is 15.2 Å². The molecule has 0 aliphatic rings. The van der Waals surface area contributed by atoms with Crippen molar-refractivity contribution in [3.05, 3.63) is 27.1 Å². The number of fused-ring (bicyclic) bond motifs is 1. The number of nitro benzene ring substituents is 1. The Bertz CT molecular complexity index is 817. The van der Waals surface area contributed by atoms with Crippen LogP contribution in [0.2, 0.25) is 0 Å². The summed E-state index contributed by atoms with van der Waals surface area (Å²) in [6, 6.07) is 2.67. The van der Waals surface area contributed by atoms with Gasteiger partial charge in [0.1, 0.15) is 4.88 Å². The molecule has 0 unspecified atom stereocenters. The van der Waals surface area contributed by atoms with Crippen molar-refractivity contribution < 1.29 is 24.0 Å². The molecule has 2 rings (SSSR count). The second-order valence-corrected chi connectivity index (χ2v) is 6.57. The molecule has 0 atom stereocenters. The highest BCUT2D eigenvalue weighted by molar-refractivity contribution is 8.00. The van der Waals surface area contributed by atoms with Gasteiger partial charge in [-0.2, -0.15) is 0 Å². The monoisotopic (exact) mass is 370 g/mol. The van der Waals surface area contributed by atoms with Crippen molar-refractivity contribution in [2.24, 2.45) is 0 Å².